The van der Waals surface area contributed by atoms with Gasteiger partial charge in [-0.3, -0.25) is 0 Å². The largest absolute Gasteiger partial charge is 0.506 e. The zero-order chi connectivity index (χ0) is 10.3. The average Bonchev–Trinajstić information content (AvgIpc) is 2.92. The highest BCUT2D eigenvalue weighted by Gasteiger charge is 2.45. The van der Waals surface area contributed by atoms with Crippen molar-refractivity contribution in [3.8, 4) is 5.75 Å². The van der Waals surface area contributed by atoms with Gasteiger partial charge in [-0.05, 0) is 48.0 Å². The number of phenols is 1. The minimum atomic E-state index is -0.0580. The molecule has 1 aliphatic rings. The summed E-state index contributed by atoms with van der Waals surface area (Å²) in [4.78, 5) is 0. The predicted molar refractivity (Wildman–Crippen MR) is 60.8 cm³/mol. The summed E-state index contributed by atoms with van der Waals surface area (Å²) in [5.74, 6) is 0.293. The molecule has 2 N–H and O–H groups in total. The maximum absolute atomic E-state index is 9.88. The third kappa shape index (κ3) is 1.53. The highest BCUT2D eigenvalue weighted by Crippen LogP contribution is 2.50. The van der Waals surface area contributed by atoms with Crippen LogP contribution in [0.4, 0.5) is 0 Å². The summed E-state index contributed by atoms with van der Waals surface area (Å²) in [5, 5.41) is 13.8. The molecule has 14 heavy (non-hydrogen) atoms. The predicted octanol–water partition coefficient (Wildman–Crippen LogP) is 3.02. The zero-order valence-corrected chi connectivity index (χ0v) is 10.1. The molecular formula is C10H11BrClNO. The van der Waals surface area contributed by atoms with Crippen molar-refractivity contribution in [3.05, 3.63) is 27.2 Å². The Morgan fingerprint density at radius 3 is 2.64 bits per heavy atom. The maximum Gasteiger partial charge on any atom is 0.134 e. The molecule has 0 aromatic heterocycles. The number of halogens is 2. The highest BCUT2D eigenvalue weighted by atomic mass is 79.9. The van der Waals surface area contributed by atoms with Crippen LogP contribution in [0, 0.1) is 0 Å². The summed E-state index contributed by atoms with van der Waals surface area (Å²) in [6.07, 6.45) is 2.09. The Morgan fingerprint density at radius 1 is 1.50 bits per heavy atom. The smallest absolute Gasteiger partial charge is 0.134 e. The lowest BCUT2D eigenvalue weighted by Gasteiger charge is -2.17. The second kappa shape index (κ2) is 3.40. The van der Waals surface area contributed by atoms with E-state index in [1.54, 1.807) is 6.07 Å². The van der Waals surface area contributed by atoms with Gasteiger partial charge >= 0.3 is 0 Å². The van der Waals surface area contributed by atoms with Crippen molar-refractivity contribution in [2.45, 2.75) is 18.4 Å². The van der Waals surface area contributed by atoms with E-state index in [0.29, 0.717) is 15.2 Å². The molecular weight excluding hydrogens is 265 g/mol. The van der Waals surface area contributed by atoms with Gasteiger partial charge in [-0.25, -0.2) is 0 Å². The van der Waals surface area contributed by atoms with Crippen molar-refractivity contribution in [2.24, 2.45) is 0 Å². The van der Waals surface area contributed by atoms with Gasteiger partial charge in [-0.2, -0.15) is 0 Å². The third-order valence-electron chi connectivity index (χ3n) is 2.77. The van der Waals surface area contributed by atoms with Crippen LogP contribution in [0.3, 0.4) is 0 Å². The summed E-state index contributed by atoms with van der Waals surface area (Å²) in [6.45, 7) is 0. The molecule has 0 amide bonds. The monoisotopic (exact) mass is 275 g/mol. The highest BCUT2D eigenvalue weighted by molar-refractivity contribution is 9.10. The molecule has 1 fully saturated rings. The number of benzene rings is 1. The maximum atomic E-state index is 9.88. The molecule has 0 atom stereocenters. The summed E-state index contributed by atoms with van der Waals surface area (Å²) < 4.78 is 0.654. The number of hydrogen-bond acceptors (Lipinski definition) is 2. The molecule has 2 rings (SSSR count). The summed E-state index contributed by atoms with van der Waals surface area (Å²) in [5.41, 5.74) is 0.830. The molecule has 1 aromatic rings. The van der Waals surface area contributed by atoms with Crippen LogP contribution in [-0.4, -0.2) is 12.2 Å². The number of aromatic hydroxyl groups is 1. The first-order valence-electron chi connectivity index (χ1n) is 4.46. The lowest BCUT2D eigenvalue weighted by molar-refractivity contribution is 0.446. The van der Waals surface area contributed by atoms with Crippen molar-refractivity contribution in [1.29, 1.82) is 0 Å². The van der Waals surface area contributed by atoms with Crippen LogP contribution >= 0.6 is 27.5 Å². The van der Waals surface area contributed by atoms with Crippen LogP contribution < -0.4 is 5.32 Å². The molecule has 2 nitrogen and oxygen atoms in total. The lowest BCUT2D eigenvalue weighted by Crippen LogP contribution is -2.24. The van der Waals surface area contributed by atoms with Crippen LogP contribution in [0.1, 0.15) is 18.4 Å². The van der Waals surface area contributed by atoms with Crippen molar-refractivity contribution in [1.82, 2.24) is 5.32 Å². The first kappa shape index (κ1) is 10.3. The van der Waals surface area contributed by atoms with Gasteiger partial charge in [-0.1, -0.05) is 11.6 Å². The molecule has 0 spiro atoms. The van der Waals surface area contributed by atoms with Crippen LogP contribution in [0.5, 0.6) is 5.75 Å². The SMILES string of the molecule is CNC1(c2cc(Cl)cc(Br)c2O)CC1. The van der Waals surface area contributed by atoms with Crippen LogP contribution in [0.15, 0.2) is 16.6 Å². The number of hydrogen-bond donors (Lipinski definition) is 2. The van der Waals surface area contributed by atoms with Crippen molar-refractivity contribution < 1.29 is 5.11 Å². The Bertz CT molecular complexity index is 377. The Kier molecular flexibility index (Phi) is 2.50. The van der Waals surface area contributed by atoms with Gasteiger partial charge in [0.15, 0.2) is 0 Å². The van der Waals surface area contributed by atoms with Gasteiger partial charge in [0.25, 0.3) is 0 Å². The topological polar surface area (TPSA) is 32.3 Å². The molecule has 0 heterocycles. The molecule has 0 radical (unpaired) electrons. The van der Waals surface area contributed by atoms with Crippen LogP contribution in [0.25, 0.3) is 0 Å². The molecule has 76 valence electrons. The van der Waals surface area contributed by atoms with Gasteiger partial charge in [0, 0.05) is 16.1 Å². The molecule has 0 aliphatic heterocycles. The molecule has 1 saturated carbocycles. The molecule has 0 bridgehead atoms. The van der Waals surface area contributed by atoms with E-state index in [0.717, 1.165) is 18.4 Å². The van der Waals surface area contributed by atoms with Gasteiger partial charge in [-0.15, -0.1) is 0 Å². The standard InChI is InChI=1S/C10H11BrClNO/c1-13-10(2-3-10)7-4-6(12)5-8(11)9(7)14/h4-5,13-14H,2-3H2,1H3. The van der Waals surface area contributed by atoms with E-state index >= 15 is 0 Å². The van der Waals surface area contributed by atoms with Crippen LogP contribution in [-0.2, 0) is 5.54 Å². The summed E-state index contributed by atoms with van der Waals surface area (Å²) in [7, 11) is 1.90. The molecule has 0 unspecified atom stereocenters. The van der Waals surface area contributed by atoms with E-state index in [9.17, 15) is 5.11 Å². The number of phenolic OH excluding ortho intramolecular Hbond substituents is 1. The second-order valence-corrected chi connectivity index (χ2v) is 4.91. The van der Waals surface area contributed by atoms with E-state index in [1.807, 2.05) is 13.1 Å². The fourth-order valence-corrected chi connectivity index (χ4v) is 2.52. The first-order valence-corrected chi connectivity index (χ1v) is 5.63. The normalized spacial score (nSPS) is 18.2. The van der Waals surface area contributed by atoms with E-state index in [1.165, 1.54) is 0 Å². The van der Waals surface area contributed by atoms with E-state index in [4.69, 9.17) is 11.6 Å². The van der Waals surface area contributed by atoms with Gasteiger partial charge in [0.2, 0.25) is 0 Å². The summed E-state index contributed by atoms with van der Waals surface area (Å²) >= 11 is 9.23. The van der Waals surface area contributed by atoms with Crippen LogP contribution in [0.2, 0.25) is 5.02 Å². The quantitative estimate of drug-likeness (QED) is 0.870. The zero-order valence-electron chi connectivity index (χ0n) is 7.77. The Hall–Kier alpha value is -0.250. The van der Waals surface area contributed by atoms with E-state index < -0.39 is 0 Å². The van der Waals surface area contributed by atoms with E-state index in [-0.39, 0.29) is 5.54 Å². The number of rotatable bonds is 2. The average molecular weight is 277 g/mol. The Balaban J connectivity index is 2.52. The Morgan fingerprint density at radius 2 is 2.14 bits per heavy atom. The lowest BCUT2D eigenvalue weighted by atomic mass is 10.0. The van der Waals surface area contributed by atoms with Crippen molar-refractivity contribution in [3.63, 3.8) is 0 Å². The van der Waals surface area contributed by atoms with E-state index in [2.05, 4.69) is 21.2 Å². The molecule has 1 aromatic carbocycles. The fourth-order valence-electron chi connectivity index (χ4n) is 1.71. The fraction of sp³-hybridized carbons (Fsp3) is 0.400. The molecule has 0 saturated heterocycles. The number of nitrogens with one attached hydrogen (secondary N) is 1. The van der Waals surface area contributed by atoms with Gasteiger partial charge in [0.1, 0.15) is 5.75 Å². The van der Waals surface area contributed by atoms with Crippen molar-refractivity contribution in [2.75, 3.05) is 7.05 Å². The van der Waals surface area contributed by atoms with Gasteiger partial charge in [0.05, 0.1) is 4.47 Å². The molecule has 1 aliphatic carbocycles. The molecule has 4 heteroatoms. The van der Waals surface area contributed by atoms with Gasteiger partial charge < -0.3 is 10.4 Å². The first-order chi connectivity index (χ1) is 6.59. The minimum absolute atomic E-state index is 0.0580. The Labute approximate surface area is 96.4 Å². The second-order valence-electron chi connectivity index (χ2n) is 3.62. The summed E-state index contributed by atoms with van der Waals surface area (Å²) in [6, 6.07) is 3.53. The third-order valence-corrected chi connectivity index (χ3v) is 3.60. The van der Waals surface area contributed by atoms with Crippen molar-refractivity contribution >= 4 is 27.5 Å². The minimum Gasteiger partial charge on any atom is -0.506 e.